The van der Waals surface area contributed by atoms with E-state index in [1.54, 1.807) is 36.7 Å². The molecule has 1 aromatic carbocycles. The molecule has 0 radical (unpaired) electrons. The third-order valence-corrected chi connectivity index (χ3v) is 7.58. The zero-order chi connectivity index (χ0) is 29.1. The number of likely N-dealkylation sites (N-methyl/N-ethyl adjacent to an activating group) is 1. The van der Waals surface area contributed by atoms with Gasteiger partial charge >= 0.3 is 5.69 Å². The number of hydrogen-bond acceptors (Lipinski definition) is 12. The van der Waals surface area contributed by atoms with Crippen molar-refractivity contribution in [3.05, 3.63) is 48.4 Å². The summed E-state index contributed by atoms with van der Waals surface area (Å²) in [5, 5.41) is 53.3. The number of diazo groups is 1. The Morgan fingerprint density at radius 1 is 1.28 bits per heavy atom. The fourth-order valence-electron chi connectivity index (χ4n) is 5.36. The van der Waals surface area contributed by atoms with Gasteiger partial charge in [0.2, 0.25) is 21.6 Å². The number of fused-ring (bicyclic) bond motifs is 3. The van der Waals surface area contributed by atoms with E-state index < -0.39 is 68.4 Å². The number of hydrogen-bond donors (Lipinski definition) is 6. The zero-order valence-electron chi connectivity index (χ0n) is 20.0. The first-order valence-corrected chi connectivity index (χ1v) is 13.0. The van der Waals surface area contributed by atoms with Crippen molar-refractivity contribution in [2.24, 2.45) is 17.6 Å². The highest BCUT2D eigenvalue weighted by molar-refractivity contribution is 14.1. The highest BCUT2D eigenvalue weighted by atomic mass is 127. The Morgan fingerprint density at radius 2 is 1.82 bits per heavy atom. The second-order valence-corrected chi connectivity index (χ2v) is 11.1. The fraction of sp³-hybridized carbons (Fsp3) is 0.381. The topological polar surface area (TPSA) is 267 Å². The summed E-state index contributed by atoms with van der Waals surface area (Å²) in [5.74, 6) is -7.21. The molecule has 15 nitrogen and oxygen atoms in total. The van der Waals surface area contributed by atoms with Crippen molar-refractivity contribution in [2.75, 3.05) is 14.1 Å². The lowest BCUT2D eigenvalue weighted by atomic mass is 9.58. The molecule has 0 saturated carbocycles. The lowest BCUT2D eigenvalue weighted by Crippen LogP contribution is -2.63. The maximum atomic E-state index is 13.4. The van der Waals surface area contributed by atoms with Gasteiger partial charge in [0.25, 0.3) is 5.91 Å². The Labute approximate surface area is 240 Å². The Kier molecular flexibility index (Phi) is 9.09. The summed E-state index contributed by atoms with van der Waals surface area (Å²) in [5.41, 5.74) is 1.60. The second kappa shape index (κ2) is 11.0. The number of carbonyl (C=O) groups excluding carboxylic acids is 3. The summed E-state index contributed by atoms with van der Waals surface area (Å²) in [4.78, 5) is 43.2. The summed E-state index contributed by atoms with van der Waals surface area (Å²) >= 11 is 1.75. The van der Waals surface area contributed by atoms with Gasteiger partial charge in [0.05, 0.1) is 26.8 Å². The van der Waals surface area contributed by atoms with Gasteiger partial charge in [-0.1, -0.05) is 0 Å². The molecule has 3 aliphatic carbocycles. The fourth-order valence-corrected chi connectivity index (χ4v) is 5.92. The Bertz CT molecular complexity index is 1490. The van der Waals surface area contributed by atoms with Crippen LogP contribution < -0.4 is 5.73 Å². The van der Waals surface area contributed by atoms with E-state index in [9.17, 15) is 40.2 Å². The zero-order valence-corrected chi connectivity index (χ0v) is 23.8. The number of ketones is 2. The lowest BCUT2D eigenvalue weighted by molar-refractivity contribution is -0.148. The van der Waals surface area contributed by atoms with Crippen LogP contribution in [0, 0.1) is 20.8 Å². The van der Waals surface area contributed by atoms with E-state index in [2.05, 4.69) is 4.98 Å². The molecule has 1 amide bonds. The largest absolute Gasteiger partial charge is 0.726 e. The molecular weight excluding hydrogens is 679 g/mol. The number of phenolic OH excluding ortho intramolecular Hbond substituents is 1. The standard InChI is InChI=1S/C21H19IN4O7.ClH.H2O4S/c1-26(2)14-8-4-6-3-7-10(25-24)5-9(22)15(27)12(7)16(28)11(6)18(30)21(8,33)19(31)13(17(14)29)20(23)32;;1-5(2,3)4/h5-6,8,14,33H,3-4H2,1-2H3,(H4-,23,27,28,29,30,31,32);1H;(H2,1,2,3,4). The van der Waals surface area contributed by atoms with Gasteiger partial charge in [0.1, 0.15) is 22.8 Å². The first kappa shape index (κ1) is 32.4. The van der Waals surface area contributed by atoms with Gasteiger partial charge in [-0.25, -0.2) is 8.42 Å². The number of primary amides is 1. The molecule has 1 aromatic rings. The van der Waals surface area contributed by atoms with E-state index in [4.69, 9.17) is 23.3 Å². The smallest absolute Gasteiger partial charge is 0.390 e. The molecule has 0 aliphatic heterocycles. The minimum atomic E-state index is -4.92. The molecule has 0 aromatic heterocycles. The molecule has 7 N–H and O–H groups in total. The lowest BCUT2D eigenvalue weighted by Gasteiger charge is -2.50. The second-order valence-electron chi connectivity index (χ2n) is 9.07. The molecule has 0 bridgehead atoms. The number of aromatic hydroxyl groups is 1. The molecule has 0 saturated heterocycles. The molecule has 0 heterocycles. The number of carbonyl (C=O) groups is 3. The first-order chi connectivity index (χ1) is 17.4. The number of Topliss-reactive ketones (excluding diaryl/α,β-unsaturated/α-hetero) is 2. The number of aliphatic hydroxyl groups is 3. The van der Waals surface area contributed by atoms with Crippen LogP contribution in [0.5, 0.6) is 5.75 Å². The molecule has 39 heavy (non-hydrogen) atoms. The Balaban J connectivity index is 0.000000816. The van der Waals surface area contributed by atoms with Crippen molar-refractivity contribution in [1.82, 2.24) is 4.90 Å². The average Bonchev–Trinajstić information content (AvgIpc) is 2.77. The predicted molar refractivity (Wildman–Crippen MR) is 141 cm³/mol. The van der Waals surface area contributed by atoms with Crippen molar-refractivity contribution in [3.8, 4) is 5.75 Å². The highest BCUT2D eigenvalue weighted by Crippen LogP contribution is 2.53. The number of phenols is 1. The van der Waals surface area contributed by atoms with E-state index in [0.717, 1.165) is 0 Å². The van der Waals surface area contributed by atoms with Gasteiger partial charge in [-0.3, -0.25) is 23.8 Å². The summed E-state index contributed by atoms with van der Waals surface area (Å²) in [6.45, 7) is 0. The van der Waals surface area contributed by atoms with Crippen LogP contribution in [0.1, 0.15) is 22.3 Å². The molecule has 3 aliphatic rings. The van der Waals surface area contributed by atoms with Crippen LogP contribution in [0.2, 0.25) is 0 Å². The number of benzene rings is 1. The third kappa shape index (κ3) is 5.32. The highest BCUT2D eigenvalue weighted by Gasteiger charge is 2.63. The molecule has 0 fully saturated rings. The van der Waals surface area contributed by atoms with Crippen molar-refractivity contribution in [2.45, 2.75) is 24.5 Å². The molecule has 212 valence electrons. The SMILES string of the molecule is CN(C)C1C(O)=C(C(N)=O)C(=O)C2(O)C(O)=C3C(=O)c4c(O)c(I)cc([N+]#N)c4CC3CC12.Cl.O=S(=O)([O-])O. The maximum absolute atomic E-state index is 13.4. The van der Waals surface area contributed by atoms with Crippen LogP contribution in [-0.2, 0) is 26.4 Å². The van der Waals surface area contributed by atoms with Crippen LogP contribution in [0.25, 0.3) is 4.98 Å². The number of nitrogens with two attached hydrogens (primary N) is 1. The van der Waals surface area contributed by atoms with Gasteiger partial charge in [-0.2, -0.15) is 0 Å². The number of aliphatic hydroxyl groups excluding tert-OH is 2. The summed E-state index contributed by atoms with van der Waals surface area (Å²) in [6.07, 6.45) is 0.0157. The number of halogens is 2. The number of allylic oxidation sites excluding steroid dienone is 1. The number of amides is 1. The van der Waals surface area contributed by atoms with E-state index >= 15 is 0 Å². The van der Waals surface area contributed by atoms with Crippen molar-refractivity contribution in [3.63, 3.8) is 0 Å². The number of nitrogens with zero attached hydrogens (tertiary/aromatic N) is 3. The minimum absolute atomic E-state index is 0. The molecule has 18 heteroatoms. The monoisotopic (exact) mass is 700 g/mol. The van der Waals surface area contributed by atoms with E-state index in [-0.39, 0.29) is 57.0 Å². The minimum Gasteiger partial charge on any atom is -0.726 e. The van der Waals surface area contributed by atoms with Gasteiger partial charge < -0.3 is 30.7 Å². The predicted octanol–water partition coefficient (Wildman–Crippen LogP) is 0.636. The summed E-state index contributed by atoms with van der Waals surface area (Å²) in [7, 11) is -1.81. The van der Waals surface area contributed by atoms with Crippen LogP contribution >= 0.6 is 35.0 Å². The van der Waals surface area contributed by atoms with Crippen LogP contribution in [-0.4, -0.2) is 86.1 Å². The first-order valence-electron chi connectivity index (χ1n) is 10.6. The van der Waals surface area contributed by atoms with Crippen LogP contribution in [0.3, 0.4) is 0 Å². The van der Waals surface area contributed by atoms with E-state index in [1.807, 2.05) is 0 Å². The quantitative estimate of drug-likeness (QED) is 0.0814. The van der Waals surface area contributed by atoms with Crippen LogP contribution in [0.15, 0.2) is 28.7 Å². The van der Waals surface area contributed by atoms with Crippen molar-refractivity contribution >= 4 is 68.6 Å². The molecule has 4 rings (SSSR count). The van der Waals surface area contributed by atoms with E-state index in [0.29, 0.717) is 0 Å². The third-order valence-electron chi connectivity index (χ3n) is 6.76. The van der Waals surface area contributed by atoms with Crippen LogP contribution in [0.4, 0.5) is 5.69 Å². The molecule has 0 spiro atoms. The van der Waals surface area contributed by atoms with Crippen molar-refractivity contribution in [1.29, 1.82) is 5.39 Å². The average molecular weight is 701 g/mol. The van der Waals surface area contributed by atoms with Crippen molar-refractivity contribution < 1.29 is 52.3 Å². The Hall–Kier alpha value is -2.86. The van der Waals surface area contributed by atoms with Gasteiger partial charge in [-0.15, -0.1) is 12.4 Å². The van der Waals surface area contributed by atoms with Gasteiger partial charge in [0.15, 0.2) is 16.4 Å². The number of rotatable bonds is 2. The van der Waals surface area contributed by atoms with E-state index in [1.165, 1.54) is 11.0 Å². The molecule has 4 atom stereocenters. The maximum Gasteiger partial charge on any atom is 0.390 e. The summed E-state index contributed by atoms with van der Waals surface area (Å²) < 4.78 is 33.1. The molecule has 4 unspecified atom stereocenters. The van der Waals surface area contributed by atoms with Gasteiger partial charge in [-0.05, 0) is 55.4 Å². The summed E-state index contributed by atoms with van der Waals surface area (Å²) in [6, 6.07) is 0.332. The Morgan fingerprint density at radius 3 is 2.28 bits per heavy atom. The normalized spacial score (nSPS) is 25.9. The van der Waals surface area contributed by atoms with Gasteiger partial charge in [0, 0.05) is 11.5 Å². The molecular formula is C21H22ClIN4O11S.